The number of halogens is 3. The van der Waals surface area contributed by atoms with Gasteiger partial charge in [0.2, 0.25) is 0 Å². The maximum Gasteiger partial charge on any atom is 0.391 e. The van der Waals surface area contributed by atoms with Gasteiger partial charge in [0.15, 0.2) is 5.82 Å². The first-order valence-electron chi connectivity index (χ1n) is 8.30. The molecule has 26 heavy (non-hydrogen) atoms. The molecule has 0 spiro atoms. The molecule has 5 nitrogen and oxygen atoms in total. The minimum Gasteiger partial charge on any atom is -0.389 e. The van der Waals surface area contributed by atoms with Crippen molar-refractivity contribution in [3.63, 3.8) is 0 Å². The van der Waals surface area contributed by atoms with Crippen molar-refractivity contribution in [1.29, 1.82) is 0 Å². The summed E-state index contributed by atoms with van der Waals surface area (Å²) < 4.78 is 40.8. The van der Waals surface area contributed by atoms with Crippen molar-refractivity contribution >= 4 is 27.8 Å². The number of anilines is 1. The highest BCUT2D eigenvalue weighted by Gasteiger charge is 2.37. The van der Waals surface area contributed by atoms with Crippen molar-refractivity contribution < 1.29 is 18.3 Å². The third kappa shape index (κ3) is 3.46. The average molecular weight is 366 g/mol. The number of imidazole rings is 1. The van der Waals surface area contributed by atoms with Crippen molar-refractivity contribution in [2.75, 3.05) is 5.73 Å². The number of nitrogens with zero attached hydrogens (tertiary/aromatic N) is 3. The number of para-hydroxylation sites is 1. The first-order chi connectivity index (χ1) is 12.0. The Morgan fingerprint density at radius 3 is 2.46 bits per heavy atom. The van der Waals surface area contributed by atoms with Crippen molar-refractivity contribution in [2.24, 2.45) is 5.92 Å². The first kappa shape index (κ1) is 18.4. The van der Waals surface area contributed by atoms with E-state index >= 15 is 0 Å². The van der Waals surface area contributed by atoms with E-state index < -0.39 is 17.7 Å². The van der Waals surface area contributed by atoms with Crippen LogP contribution in [0.3, 0.4) is 0 Å². The Kier molecular flexibility index (Phi) is 4.34. The van der Waals surface area contributed by atoms with Crippen LogP contribution in [-0.2, 0) is 13.0 Å². The van der Waals surface area contributed by atoms with Crippen LogP contribution in [0.15, 0.2) is 24.3 Å². The lowest BCUT2D eigenvalue weighted by molar-refractivity contribution is -0.169. The fraction of sp³-hybridized carbons (Fsp3) is 0.444. The number of fused-ring (bicyclic) bond motifs is 3. The van der Waals surface area contributed by atoms with Crippen LogP contribution in [0.1, 0.15) is 26.6 Å². The Labute approximate surface area is 148 Å². The summed E-state index contributed by atoms with van der Waals surface area (Å²) in [5.74, 6) is -1.17. The van der Waals surface area contributed by atoms with Gasteiger partial charge < -0.3 is 15.4 Å². The monoisotopic (exact) mass is 366 g/mol. The zero-order valence-electron chi connectivity index (χ0n) is 14.8. The fourth-order valence-electron chi connectivity index (χ4n) is 3.01. The number of nitrogens with two attached hydrogens (primary N) is 1. The molecule has 0 aliphatic rings. The molecular weight excluding hydrogens is 345 g/mol. The van der Waals surface area contributed by atoms with Gasteiger partial charge in [0.05, 0.1) is 29.1 Å². The number of benzene rings is 1. The van der Waals surface area contributed by atoms with Crippen LogP contribution in [0.4, 0.5) is 19.0 Å². The Bertz CT molecular complexity index is 957. The van der Waals surface area contributed by atoms with Crippen LogP contribution < -0.4 is 5.73 Å². The summed E-state index contributed by atoms with van der Waals surface area (Å²) in [6.45, 7) is 4.41. The lowest BCUT2D eigenvalue weighted by Gasteiger charge is -2.22. The topological polar surface area (TPSA) is 77.0 Å². The van der Waals surface area contributed by atoms with Crippen LogP contribution in [0, 0.1) is 5.92 Å². The zero-order valence-corrected chi connectivity index (χ0v) is 14.8. The van der Waals surface area contributed by atoms with Gasteiger partial charge in [-0.1, -0.05) is 25.1 Å². The number of hydrogen-bond donors (Lipinski definition) is 2. The van der Waals surface area contributed by atoms with Crippen LogP contribution in [-0.4, -0.2) is 31.4 Å². The minimum atomic E-state index is -4.33. The van der Waals surface area contributed by atoms with E-state index in [-0.39, 0.29) is 24.6 Å². The molecule has 1 unspecified atom stereocenters. The molecule has 1 atom stereocenters. The summed E-state index contributed by atoms with van der Waals surface area (Å²) in [6, 6.07) is 7.23. The third-order valence-corrected chi connectivity index (χ3v) is 4.28. The van der Waals surface area contributed by atoms with Gasteiger partial charge in [-0.05, 0) is 19.9 Å². The number of rotatable bonds is 4. The van der Waals surface area contributed by atoms with Gasteiger partial charge in [-0.25, -0.2) is 9.97 Å². The minimum absolute atomic E-state index is 0.0941. The van der Waals surface area contributed by atoms with E-state index in [1.54, 1.807) is 24.5 Å². The molecule has 3 N–H and O–H groups in total. The molecule has 2 aromatic heterocycles. The van der Waals surface area contributed by atoms with Gasteiger partial charge in [0, 0.05) is 11.8 Å². The van der Waals surface area contributed by atoms with Gasteiger partial charge in [0.1, 0.15) is 11.3 Å². The summed E-state index contributed by atoms with van der Waals surface area (Å²) in [5.41, 5.74) is 6.46. The van der Waals surface area contributed by atoms with E-state index in [4.69, 9.17) is 5.73 Å². The van der Waals surface area contributed by atoms with Crippen molar-refractivity contribution in [2.45, 2.75) is 45.5 Å². The third-order valence-electron chi connectivity index (χ3n) is 4.28. The van der Waals surface area contributed by atoms with Crippen molar-refractivity contribution in [1.82, 2.24) is 14.5 Å². The molecule has 0 saturated heterocycles. The van der Waals surface area contributed by atoms with Gasteiger partial charge >= 0.3 is 6.18 Å². The number of aliphatic hydroxyl groups is 1. The SMILES string of the molecule is CC(Cc1nc2c(N)nc3ccccc3c2n1CC(C)(C)O)C(F)(F)F. The zero-order chi connectivity index (χ0) is 19.3. The highest BCUT2D eigenvalue weighted by Crippen LogP contribution is 2.33. The number of hydrogen-bond acceptors (Lipinski definition) is 4. The first-order valence-corrected chi connectivity index (χ1v) is 8.30. The Morgan fingerprint density at radius 2 is 1.85 bits per heavy atom. The van der Waals surface area contributed by atoms with E-state index in [0.717, 1.165) is 12.3 Å². The Hall–Kier alpha value is -2.35. The van der Waals surface area contributed by atoms with Crippen molar-refractivity contribution in [3.05, 3.63) is 30.1 Å². The molecule has 140 valence electrons. The molecule has 0 amide bonds. The molecule has 0 aliphatic heterocycles. The Balaban J connectivity index is 2.29. The number of alkyl halides is 3. The maximum absolute atomic E-state index is 13.1. The summed E-state index contributed by atoms with van der Waals surface area (Å²) in [4.78, 5) is 8.66. The molecule has 0 bridgehead atoms. The summed E-state index contributed by atoms with van der Waals surface area (Å²) in [7, 11) is 0. The molecular formula is C18H21F3N4O. The van der Waals surface area contributed by atoms with E-state index in [9.17, 15) is 18.3 Å². The van der Waals surface area contributed by atoms with Gasteiger partial charge in [-0.3, -0.25) is 0 Å². The largest absolute Gasteiger partial charge is 0.391 e. The highest BCUT2D eigenvalue weighted by atomic mass is 19.4. The molecule has 8 heteroatoms. The number of pyridine rings is 1. The standard InChI is InChI=1S/C18H21F3N4O/c1-10(18(19,20)21)8-13-24-14-15(25(13)9-17(2,3)26)11-6-4-5-7-12(11)23-16(14)22/h4-7,10,26H,8-9H2,1-3H3,(H2,22,23). The molecule has 1 aromatic carbocycles. The lowest BCUT2D eigenvalue weighted by Crippen LogP contribution is -2.29. The highest BCUT2D eigenvalue weighted by molar-refractivity contribution is 6.06. The molecule has 0 fully saturated rings. The second kappa shape index (κ2) is 6.12. The second-order valence-corrected chi connectivity index (χ2v) is 7.28. The summed E-state index contributed by atoms with van der Waals surface area (Å²) in [5, 5.41) is 11.0. The van der Waals surface area contributed by atoms with Crippen LogP contribution >= 0.6 is 0 Å². The van der Waals surface area contributed by atoms with Crippen LogP contribution in [0.25, 0.3) is 21.9 Å². The molecule has 0 aliphatic carbocycles. The summed E-state index contributed by atoms with van der Waals surface area (Å²) >= 11 is 0. The van der Waals surface area contributed by atoms with Gasteiger partial charge in [0.25, 0.3) is 0 Å². The Morgan fingerprint density at radius 1 is 1.19 bits per heavy atom. The fourth-order valence-corrected chi connectivity index (χ4v) is 3.01. The maximum atomic E-state index is 13.1. The van der Waals surface area contributed by atoms with Crippen LogP contribution in [0.2, 0.25) is 0 Å². The average Bonchev–Trinajstić information content (AvgIpc) is 2.84. The van der Waals surface area contributed by atoms with E-state index in [2.05, 4.69) is 9.97 Å². The van der Waals surface area contributed by atoms with E-state index in [0.29, 0.717) is 16.6 Å². The van der Waals surface area contributed by atoms with Gasteiger partial charge in [-0.15, -0.1) is 0 Å². The molecule has 0 saturated carbocycles. The predicted molar refractivity (Wildman–Crippen MR) is 94.7 cm³/mol. The van der Waals surface area contributed by atoms with Crippen LogP contribution in [0.5, 0.6) is 0 Å². The van der Waals surface area contributed by atoms with E-state index in [1.807, 2.05) is 18.2 Å². The van der Waals surface area contributed by atoms with Crippen molar-refractivity contribution in [3.8, 4) is 0 Å². The van der Waals surface area contributed by atoms with Gasteiger partial charge in [-0.2, -0.15) is 13.2 Å². The molecule has 2 heterocycles. The number of aromatic nitrogens is 3. The van der Waals surface area contributed by atoms with E-state index in [1.165, 1.54) is 0 Å². The molecule has 3 aromatic rings. The second-order valence-electron chi connectivity index (χ2n) is 7.28. The quantitative estimate of drug-likeness (QED) is 0.738. The smallest absolute Gasteiger partial charge is 0.389 e. The summed E-state index contributed by atoms with van der Waals surface area (Å²) in [6.07, 6.45) is -4.63. The number of nitrogen functional groups attached to an aromatic ring is 1. The predicted octanol–water partition coefficient (Wildman–Crippen LogP) is 3.68. The molecule has 0 radical (unpaired) electrons. The normalized spacial score (nSPS) is 14.3. The lowest BCUT2D eigenvalue weighted by atomic mass is 10.1. The molecule has 3 rings (SSSR count).